The zero-order chi connectivity index (χ0) is 13.4. The molecular weight excluding hydrogens is 256 g/mol. The standard InChI is InChI=1S/C15H22N2OS/c1-10-5-3-4-6-12(10)17-14(18)9-16-15(17)13-8-7-11(2)19-13/h7-8,10,12,15-16H,3-6,9H2,1-2H3. The van der Waals surface area contributed by atoms with Crippen LogP contribution in [0.25, 0.3) is 0 Å². The van der Waals surface area contributed by atoms with Crippen LogP contribution in [-0.4, -0.2) is 23.4 Å². The Morgan fingerprint density at radius 2 is 2.11 bits per heavy atom. The summed E-state index contributed by atoms with van der Waals surface area (Å²) in [7, 11) is 0. The number of aryl methyl sites for hydroxylation is 1. The van der Waals surface area contributed by atoms with Crippen LogP contribution in [0.4, 0.5) is 0 Å². The second-order valence-corrected chi connectivity index (χ2v) is 7.18. The van der Waals surface area contributed by atoms with Crippen molar-refractivity contribution < 1.29 is 4.79 Å². The fourth-order valence-electron chi connectivity index (χ4n) is 3.44. The zero-order valence-electron chi connectivity index (χ0n) is 11.7. The molecule has 0 spiro atoms. The average molecular weight is 278 g/mol. The molecule has 1 aliphatic carbocycles. The van der Waals surface area contributed by atoms with Gasteiger partial charge in [0.2, 0.25) is 5.91 Å². The number of amides is 1. The number of rotatable bonds is 2. The van der Waals surface area contributed by atoms with Gasteiger partial charge in [0.15, 0.2) is 0 Å². The van der Waals surface area contributed by atoms with Gasteiger partial charge in [0.05, 0.1) is 6.54 Å². The third-order valence-electron chi connectivity index (χ3n) is 4.47. The fraction of sp³-hybridized carbons (Fsp3) is 0.667. The molecule has 104 valence electrons. The van der Waals surface area contributed by atoms with E-state index >= 15 is 0 Å². The van der Waals surface area contributed by atoms with E-state index in [1.165, 1.54) is 29.0 Å². The summed E-state index contributed by atoms with van der Waals surface area (Å²) in [6, 6.07) is 4.73. The van der Waals surface area contributed by atoms with Crippen LogP contribution in [0.1, 0.15) is 48.5 Å². The van der Waals surface area contributed by atoms with E-state index in [4.69, 9.17) is 0 Å². The highest BCUT2D eigenvalue weighted by Crippen LogP contribution is 2.36. The van der Waals surface area contributed by atoms with Crippen LogP contribution in [0.2, 0.25) is 0 Å². The number of carbonyl (C=O) groups is 1. The van der Waals surface area contributed by atoms with Gasteiger partial charge in [-0.3, -0.25) is 10.1 Å². The van der Waals surface area contributed by atoms with Crippen LogP contribution in [0, 0.1) is 12.8 Å². The predicted molar refractivity (Wildman–Crippen MR) is 78.1 cm³/mol. The van der Waals surface area contributed by atoms with Crippen molar-refractivity contribution in [2.45, 2.75) is 51.7 Å². The maximum atomic E-state index is 12.3. The highest BCUT2D eigenvalue weighted by Gasteiger charge is 2.40. The largest absolute Gasteiger partial charge is 0.318 e. The summed E-state index contributed by atoms with van der Waals surface area (Å²) < 4.78 is 0. The van der Waals surface area contributed by atoms with Gasteiger partial charge in [0, 0.05) is 15.8 Å². The first-order valence-corrected chi connectivity index (χ1v) is 8.09. The van der Waals surface area contributed by atoms with Crippen molar-refractivity contribution in [1.29, 1.82) is 0 Å². The molecule has 3 unspecified atom stereocenters. The first kappa shape index (κ1) is 13.1. The van der Waals surface area contributed by atoms with Crippen molar-refractivity contribution >= 4 is 17.2 Å². The van der Waals surface area contributed by atoms with E-state index in [0.29, 0.717) is 18.5 Å². The molecule has 3 rings (SSSR count). The molecule has 3 nitrogen and oxygen atoms in total. The van der Waals surface area contributed by atoms with Crippen molar-refractivity contribution in [1.82, 2.24) is 10.2 Å². The molecule has 1 N–H and O–H groups in total. The summed E-state index contributed by atoms with van der Waals surface area (Å²) in [5.74, 6) is 0.899. The highest BCUT2D eigenvalue weighted by molar-refractivity contribution is 7.12. The number of nitrogens with zero attached hydrogens (tertiary/aromatic N) is 1. The molecule has 0 radical (unpaired) electrons. The van der Waals surface area contributed by atoms with Gasteiger partial charge >= 0.3 is 0 Å². The van der Waals surface area contributed by atoms with Gasteiger partial charge in [-0.05, 0) is 37.8 Å². The van der Waals surface area contributed by atoms with Crippen LogP contribution >= 0.6 is 11.3 Å². The number of hydrogen-bond donors (Lipinski definition) is 1. The minimum atomic E-state index is 0.108. The molecule has 0 aromatic carbocycles. The van der Waals surface area contributed by atoms with E-state index in [1.54, 1.807) is 11.3 Å². The highest BCUT2D eigenvalue weighted by atomic mass is 32.1. The summed E-state index contributed by atoms with van der Waals surface area (Å²) in [5, 5.41) is 3.39. The Hall–Kier alpha value is -0.870. The van der Waals surface area contributed by atoms with Crippen LogP contribution < -0.4 is 5.32 Å². The van der Waals surface area contributed by atoms with Gasteiger partial charge in [-0.15, -0.1) is 11.3 Å². The topological polar surface area (TPSA) is 32.3 Å². The van der Waals surface area contributed by atoms with Crippen LogP contribution in [0.15, 0.2) is 12.1 Å². The van der Waals surface area contributed by atoms with Gasteiger partial charge in [-0.1, -0.05) is 19.8 Å². The first-order valence-electron chi connectivity index (χ1n) is 7.27. The maximum absolute atomic E-state index is 12.3. The van der Waals surface area contributed by atoms with E-state index in [9.17, 15) is 4.79 Å². The van der Waals surface area contributed by atoms with Gasteiger partial charge in [-0.25, -0.2) is 0 Å². The SMILES string of the molecule is Cc1ccc(C2NCC(=O)N2C2CCCCC2C)s1. The molecule has 1 aliphatic heterocycles. The first-order chi connectivity index (χ1) is 9.16. The zero-order valence-corrected chi connectivity index (χ0v) is 12.5. The number of carbonyl (C=O) groups excluding carboxylic acids is 1. The Labute approximate surface area is 119 Å². The molecule has 19 heavy (non-hydrogen) atoms. The number of nitrogens with one attached hydrogen (secondary N) is 1. The summed E-state index contributed by atoms with van der Waals surface area (Å²) in [5.41, 5.74) is 0. The Morgan fingerprint density at radius 1 is 1.32 bits per heavy atom. The Kier molecular flexibility index (Phi) is 3.63. The molecule has 1 aromatic heterocycles. The molecule has 1 aromatic rings. The summed E-state index contributed by atoms with van der Waals surface area (Å²) in [4.78, 5) is 17.0. The van der Waals surface area contributed by atoms with E-state index in [-0.39, 0.29) is 12.1 Å². The lowest BCUT2D eigenvalue weighted by Crippen LogP contribution is -2.44. The van der Waals surface area contributed by atoms with Crippen LogP contribution in [0.3, 0.4) is 0 Å². The molecule has 2 heterocycles. The summed E-state index contributed by atoms with van der Waals surface area (Å²) in [6.45, 7) is 4.91. The predicted octanol–water partition coefficient (Wildman–Crippen LogP) is 3.07. The van der Waals surface area contributed by atoms with Gasteiger partial charge < -0.3 is 4.90 Å². The quantitative estimate of drug-likeness (QED) is 0.901. The van der Waals surface area contributed by atoms with E-state index in [1.807, 2.05) is 0 Å². The lowest BCUT2D eigenvalue weighted by Gasteiger charge is -2.39. The molecule has 1 saturated carbocycles. The average Bonchev–Trinajstić information content (AvgIpc) is 2.96. The Morgan fingerprint density at radius 3 is 2.79 bits per heavy atom. The second-order valence-electron chi connectivity index (χ2n) is 5.86. The van der Waals surface area contributed by atoms with Crippen LogP contribution in [-0.2, 0) is 4.79 Å². The Bertz CT molecular complexity index is 470. The smallest absolute Gasteiger partial charge is 0.238 e. The second kappa shape index (κ2) is 5.25. The van der Waals surface area contributed by atoms with Crippen molar-refractivity contribution in [2.24, 2.45) is 5.92 Å². The normalized spacial score (nSPS) is 32.0. The Balaban J connectivity index is 1.85. The summed E-state index contributed by atoms with van der Waals surface area (Å²) >= 11 is 1.80. The molecule has 2 aliphatic rings. The van der Waals surface area contributed by atoms with Crippen molar-refractivity contribution in [3.63, 3.8) is 0 Å². The van der Waals surface area contributed by atoms with Crippen LogP contribution in [0.5, 0.6) is 0 Å². The third-order valence-corrected chi connectivity index (χ3v) is 5.52. The molecule has 4 heteroatoms. The van der Waals surface area contributed by atoms with Gasteiger partial charge in [-0.2, -0.15) is 0 Å². The van der Waals surface area contributed by atoms with Gasteiger partial charge in [0.1, 0.15) is 6.17 Å². The van der Waals surface area contributed by atoms with Crippen molar-refractivity contribution in [3.05, 3.63) is 21.9 Å². The molecule has 1 amide bonds. The van der Waals surface area contributed by atoms with Crippen molar-refractivity contribution in [2.75, 3.05) is 6.54 Å². The molecular formula is C15H22N2OS. The van der Waals surface area contributed by atoms with E-state index in [2.05, 4.69) is 36.2 Å². The van der Waals surface area contributed by atoms with E-state index < -0.39 is 0 Å². The minimum absolute atomic E-state index is 0.108. The monoisotopic (exact) mass is 278 g/mol. The maximum Gasteiger partial charge on any atom is 0.238 e. The number of thiophene rings is 1. The van der Waals surface area contributed by atoms with Gasteiger partial charge in [0.25, 0.3) is 0 Å². The van der Waals surface area contributed by atoms with E-state index in [0.717, 1.165) is 6.42 Å². The lowest BCUT2D eigenvalue weighted by molar-refractivity contribution is -0.132. The fourth-order valence-corrected chi connectivity index (χ4v) is 4.39. The summed E-state index contributed by atoms with van der Waals surface area (Å²) in [6.07, 6.45) is 5.10. The minimum Gasteiger partial charge on any atom is -0.318 e. The lowest BCUT2D eigenvalue weighted by atomic mass is 9.84. The molecule has 3 atom stereocenters. The molecule has 2 fully saturated rings. The molecule has 0 bridgehead atoms. The van der Waals surface area contributed by atoms with Crippen molar-refractivity contribution in [3.8, 4) is 0 Å². The molecule has 1 saturated heterocycles. The number of hydrogen-bond acceptors (Lipinski definition) is 3. The third kappa shape index (κ3) is 2.43.